The lowest BCUT2D eigenvalue weighted by molar-refractivity contribution is -0.120. The molecule has 0 radical (unpaired) electrons. The Morgan fingerprint density at radius 1 is 0.945 bits per heavy atom. The van der Waals surface area contributed by atoms with Crippen LogP contribution >= 0.6 is 11.6 Å². The van der Waals surface area contributed by atoms with Gasteiger partial charge in [-0.1, -0.05) is 11.6 Å². The van der Waals surface area contributed by atoms with Crippen molar-refractivity contribution >= 4 is 51.9 Å². The molecule has 0 unspecified atom stereocenters. The summed E-state index contributed by atoms with van der Waals surface area (Å²) in [7, 11) is 0. The molecule has 4 fully saturated rings. The Morgan fingerprint density at radius 2 is 1.71 bits per heavy atom. The van der Waals surface area contributed by atoms with Crippen molar-refractivity contribution in [1.29, 1.82) is 5.26 Å². The predicted molar refractivity (Wildman–Crippen MR) is 209 cm³/mol. The van der Waals surface area contributed by atoms with Gasteiger partial charge in [0.15, 0.2) is 0 Å². The van der Waals surface area contributed by atoms with Crippen molar-refractivity contribution in [3.05, 3.63) is 77.1 Å². The van der Waals surface area contributed by atoms with E-state index in [0.29, 0.717) is 40.2 Å². The standard InChI is InChI=1S/C41H46ClN9O4/c42-36-23-34(8-3-29(36)24-43)55-33-9-4-30(5-10-33)46-40(53)28-1-6-31(7-2-28)49-20-12-27(13-21-49)26-48-18-14-32(15-19-48)51-37-11-17-44-39(35(37)25-45-51)50-22-16-38(52)47-41(50)54/h1-3,6-8,11,17,23,25,27,30,32-33H,4-5,9-10,12-16,18-22,26H2,(H,46,53)(H,47,52,54)/t30-,33-. The Morgan fingerprint density at radius 3 is 2.42 bits per heavy atom. The summed E-state index contributed by atoms with van der Waals surface area (Å²) in [4.78, 5) is 48.3. The van der Waals surface area contributed by atoms with Crippen LogP contribution in [-0.4, -0.2) is 88.9 Å². The number of aromatic nitrogens is 3. The number of benzene rings is 2. The van der Waals surface area contributed by atoms with Crippen molar-refractivity contribution in [3.63, 3.8) is 0 Å². The molecule has 0 bridgehead atoms. The number of fused-ring (bicyclic) bond motifs is 1. The number of nitriles is 1. The minimum absolute atomic E-state index is 0.0370. The Hall–Kier alpha value is -5.19. The second-order valence-corrected chi connectivity index (χ2v) is 15.6. The SMILES string of the molecule is N#Cc1ccc(O[C@H]2CC[C@H](NC(=O)c3ccc(N4CCC(CN5CCC(n6ncc7c(N8CCC(=O)NC8=O)nccc76)CC5)CC4)cc3)CC2)cc1Cl. The molecule has 2 aromatic carbocycles. The van der Waals surface area contributed by atoms with Gasteiger partial charge in [-0.05, 0) is 99.7 Å². The highest BCUT2D eigenvalue weighted by Crippen LogP contribution is 2.33. The van der Waals surface area contributed by atoms with Crippen molar-refractivity contribution in [2.24, 2.45) is 5.92 Å². The first kappa shape index (κ1) is 36.8. The van der Waals surface area contributed by atoms with E-state index >= 15 is 0 Å². The van der Waals surface area contributed by atoms with Crippen LogP contribution in [0, 0.1) is 17.2 Å². The first-order chi connectivity index (χ1) is 26.8. The first-order valence-corrected chi connectivity index (χ1v) is 19.9. The number of piperidine rings is 2. The number of ether oxygens (including phenoxy) is 1. The molecule has 5 heterocycles. The van der Waals surface area contributed by atoms with Crippen molar-refractivity contribution in [3.8, 4) is 11.8 Å². The van der Waals surface area contributed by atoms with Crippen molar-refractivity contribution in [2.75, 3.05) is 49.1 Å². The lowest BCUT2D eigenvalue weighted by Crippen LogP contribution is -2.49. The van der Waals surface area contributed by atoms with E-state index in [9.17, 15) is 14.4 Å². The summed E-state index contributed by atoms with van der Waals surface area (Å²) in [5, 5.41) is 20.7. The molecule has 1 saturated carbocycles. The van der Waals surface area contributed by atoms with Gasteiger partial charge in [0.05, 0.1) is 39.8 Å². The van der Waals surface area contributed by atoms with Gasteiger partial charge in [-0.2, -0.15) is 10.4 Å². The second kappa shape index (κ2) is 16.3. The van der Waals surface area contributed by atoms with Gasteiger partial charge in [0, 0.05) is 75.2 Å². The van der Waals surface area contributed by atoms with Crippen LogP contribution in [0.5, 0.6) is 5.75 Å². The second-order valence-electron chi connectivity index (χ2n) is 15.2. The van der Waals surface area contributed by atoms with Crippen molar-refractivity contribution < 1.29 is 19.1 Å². The van der Waals surface area contributed by atoms with Crippen LogP contribution in [0.3, 0.4) is 0 Å². The molecule has 55 heavy (non-hydrogen) atoms. The third kappa shape index (κ3) is 8.26. The van der Waals surface area contributed by atoms with Gasteiger partial charge in [-0.15, -0.1) is 0 Å². The maximum absolute atomic E-state index is 13.1. The van der Waals surface area contributed by atoms with Crippen LogP contribution in [0.4, 0.5) is 16.3 Å². The largest absolute Gasteiger partial charge is 0.490 e. The molecule has 0 atom stereocenters. The molecule has 286 valence electrons. The number of carbonyl (C=O) groups is 3. The molecule has 14 heteroatoms. The number of amides is 4. The summed E-state index contributed by atoms with van der Waals surface area (Å²) in [5.41, 5.74) is 3.24. The number of rotatable bonds is 9. The third-order valence-electron chi connectivity index (χ3n) is 11.7. The van der Waals surface area contributed by atoms with E-state index in [4.69, 9.17) is 26.7 Å². The minimum atomic E-state index is -0.437. The van der Waals surface area contributed by atoms with E-state index < -0.39 is 6.03 Å². The maximum atomic E-state index is 13.1. The third-order valence-corrected chi connectivity index (χ3v) is 12.0. The molecular weight excluding hydrogens is 718 g/mol. The van der Waals surface area contributed by atoms with E-state index in [1.165, 1.54) is 4.90 Å². The number of urea groups is 1. The summed E-state index contributed by atoms with van der Waals surface area (Å²) >= 11 is 6.16. The number of hydrogen-bond acceptors (Lipinski definition) is 9. The number of anilines is 2. The number of carbonyl (C=O) groups excluding carboxylic acids is 3. The smallest absolute Gasteiger partial charge is 0.329 e. The van der Waals surface area contributed by atoms with E-state index in [-0.39, 0.29) is 36.4 Å². The van der Waals surface area contributed by atoms with Crippen LogP contribution in [-0.2, 0) is 4.79 Å². The van der Waals surface area contributed by atoms with Crippen LogP contribution in [0.25, 0.3) is 10.9 Å². The molecule has 2 N–H and O–H groups in total. The quantitative estimate of drug-likeness (QED) is 0.207. The molecule has 4 aliphatic rings. The van der Waals surface area contributed by atoms with Gasteiger partial charge in [-0.3, -0.25) is 24.5 Å². The normalized spacial score (nSPS) is 21.7. The lowest BCUT2D eigenvalue weighted by atomic mass is 9.92. The summed E-state index contributed by atoms with van der Waals surface area (Å²) in [6.07, 6.45) is 11.5. The van der Waals surface area contributed by atoms with E-state index in [2.05, 4.69) is 48.3 Å². The number of nitrogens with zero attached hydrogens (tertiary/aromatic N) is 7. The molecule has 4 aromatic rings. The Bertz CT molecular complexity index is 2080. The number of pyridine rings is 1. The monoisotopic (exact) mass is 763 g/mol. The highest BCUT2D eigenvalue weighted by Gasteiger charge is 2.30. The molecule has 2 aromatic heterocycles. The first-order valence-electron chi connectivity index (χ1n) is 19.5. The van der Waals surface area contributed by atoms with Gasteiger partial charge in [0.25, 0.3) is 5.91 Å². The zero-order valence-corrected chi connectivity index (χ0v) is 31.6. The predicted octanol–water partition coefficient (Wildman–Crippen LogP) is 6.08. The van der Waals surface area contributed by atoms with E-state index in [1.807, 2.05) is 18.2 Å². The molecule has 4 amide bonds. The Balaban J connectivity index is 0.760. The zero-order chi connectivity index (χ0) is 37.9. The average molecular weight is 764 g/mol. The van der Waals surface area contributed by atoms with Gasteiger partial charge in [0.1, 0.15) is 17.6 Å². The maximum Gasteiger partial charge on any atom is 0.329 e. The fourth-order valence-electron chi connectivity index (χ4n) is 8.59. The molecule has 8 rings (SSSR count). The van der Waals surface area contributed by atoms with Crippen molar-refractivity contribution in [1.82, 2.24) is 30.3 Å². The molecule has 0 spiro atoms. The molecule has 3 saturated heterocycles. The number of halogens is 1. The summed E-state index contributed by atoms with van der Waals surface area (Å²) < 4.78 is 8.20. The average Bonchev–Trinajstić information content (AvgIpc) is 3.64. The van der Waals surface area contributed by atoms with Gasteiger partial charge in [-0.25, -0.2) is 9.78 Å². The van der Waals surface area contributed by atoms with Gasteiger partial charge >= 0.3 is 6.03 Å². The van der Waals surface area contributed by atoms with E-state index in [0.717, 1.165) is 101 Å². The van der Waals surface area contributed by atoms with Crippen LogP contribution in [0.1, 0.15) is 79.8 Å². The minimum Gasteiger partial charge on any atom is -0.490 e. The fraction of sp³-hybridized carbons (Fsp3) is 0.463. The fourth-order valence-corrected chi connectivity index (χ4v) is 8.80. The Labute approximate surface area is 325 Å². The topological polar surface area (TPSA) is 149 Å². The van der Waals surface area contributed by atoms with E-state index in [1.54, 1.807) is 30.6 Å². The van der Waals surface area contributed by atoms with Crippen LogP contribution in [0.15, 0.2) is 60.9 Å². The highest BCUT2D eigenvalue weighted by molar-refractivity contribution is 6.31. The summed E-state index contributed by atoms with van der Waals surface area (Å²) in [6.45, 7) is 5.47. The number of imide groups is 1. The molecule has 1 aliphatic carbocycles. The van der Waals surface area contributed by atoms with Crippen LogP contribution < -0.4 is 25.2 Å². The van der Waals surface area contributed by atoms with Gasteiger partial charge in [0.2, 0.25) is 5.91 Å². The Kier molecular flexibility index (Phi) is 10.9. The van der Waals surface area contributed by atoms with Crippen LogP contribution in [0.2, 0.25) is 5.02 Å². The lowest BCUT2D eigenvalue weighted by Gasteiger charge is -2.38. The number of nitrogens with one attached hydrogen (secondary N) is 2. The molecule has 3 aliphatic heterocycles. The highest BCUT2D eigenvalue weighted by atomic mass is 35.5. The van der Waals surface area contributed by atoms with Crippen molar-refractivity contribution in [2.45, 2.75) is 76.0 Å². The summed E-state index contributed by atoms with van der Waals surface area (Å²) in [6, 6.07) is 17.2. The molecular formula is C41H46ClN9O4. The summed E-state index contributed by atoms with van der Waals surface area (Å²) in [5.74, 6) is 1.57. The number of likely N-dealkylation sites (tertiary alicyclic amines) is 1. The van der Waals surface area contributed by atoms with Gasteiger partial charge < -0.3 is 19.9 Å². The number of hydrogen-bond donors (Lipinski definition) is 2. The molecule has 13 nitrogen and oxygen atoms in total. The zero-order valence-electron chi connectivity index (χ0n) is 30.8.